The SMILES string of the molecule is O=C1[C@@H]2[C@H](C(=O)N1N=Cc1cc(Br)cc([N+](=O)[O-])c1OCc1ccc(Br)cc1Br)[C@H]1C=C[C@H]2C1. The molecule has 1 aliphatic heterocycles. The molecule has 1 saturated carbocycles. The molecule has 0 aromatic heterocycles. The molecule has 5 rings (SSSR count). The van der Waals surface area contributed by atoms with E-state index in [1.54, 1.807) is 6.07 Å². The maximum absolute atomic E-state index is 12.9. The van der Waals surface area contributed by atoms with E-state index in [1.165, 1.54) is 12.3 Å². The average Bonchev–Trinajstić information content (AvgIpc) is 3.46. The Labute approximate surface area is 219 Å². The van der Waals surface area contributed by atoms with Crippen LogP contribution in [0.2, 0.25) is 0 Å². The van der Waals surface area contributed by atoms with E-state index in [9.17, 15) is 19.7 Å². The monoisotopic (exact) mass is 651 g/mol. The van der Waals surface area contributed by atoms with Gasteiger partial charge in [-0.05, 0) is 36.5 Å². The number of fused-ring (bicyclic) bond motifs is 5. The summed E-state index contributed by atoms with van der Waals surface area (Å²) >= 11 is 10.1. The number of nitro groups is 1. The molecule has 11 heteroatoms. The highest BCUT2D eigenvalue weighted by molar-refractivity contribution is 9.11. The summed E-state index contributed by atoms with van der Waals surface area (Å²) < 4.78 is 7.97. The molecule has 4 atom stereocenters. The van der Waals surface area contributed by atoms with Crippen LogP contribution in [0.1, 0.15) is 17.5 Å². The quantitative estimate of drug-likeness (QED) is 0.133. The molecule has 1 heterocycles. The highest BCUT2D eigenvalue weighted by atomic mass is 79.9. The Morgan fingerprint density at radius 1 is 1.06 bits per heavy atom. The summed E-state index contributed by atoms with van der Waals surface area (Å²) in [4.78, 5) is 37.0. The molecule has 0 unspecified atom stereocenters. The molecule has 8 nitrogen and oxygen atoms in total. The van der Waals surface area contributed by atoms with Gasteiger partial charge in [-0.2, -0.15) is 10.1 Å². The van der Waals surface area contributed by atoms with Gasteiger partial charge >= 0.3 is 5.69 Å². The third-order valence-electron chi connectivity index (χ3n) is 6.41. The Bertz CT molecular complexity index is 1260. The van der Waals surface area contributed by atoms with Crippen molar-refractivity contribution in [1.82, 2.24) is 5.01 Å². The van der Waals surface area contributed by atoms with Crippen molar-refractivity contribution in [1.29, 1.82) is 0 Å². The zero-order valence-corrected chi connectivity index (χ0v) is 22.1. The van der Waals surface area contributed by atoms with Crippen LogP contribution in [0.15, 0.2) is 61.0 Å². The summed E-state index contributed by atoms with van der Waals surface area (Å²) in [5, 5.41) is 16.8. The van der Waals surface area contributed by atoms with Crippen molar-refractivity contribution in [2.45, 2.75) is 13.0 Å². The number of hydrazone groups is 1. The predicted molar refractivity (Wildman–Crippen MR) is 134 cm³/mol. The van der Waals surface area contributed by atoms with Crippen LogP contribution in [-0.4, -0.2) is 28.0 Å². The van der Waals surface area contributed by atoms with Crippen molar-refractivity contribution in [2.75, 3.05) is 0 Å². The number of imide groups is 1. The number of amides is 2. The Balaban J connectivity index is 1.45. The van der Waals surface area contributed by atoms with Gasteiger partial charge in [0.25, 0.3) is 11.8 Å². The number of nitrogens with zero attached hydrogens (tertiary/aromatic N) is 3. The lowest BCUT2D eigenvalue weighted by atomic mass is 9.85. The molecule has 0 radical (unpaired) electrons. The lowest BCUT2D eigenvalue weighted by molar-refractivity contribution is -0.386. The molecule has 2 amide bonds. The Morgan fingerprint density at radius 3 is 2.35 bits per heavy atom. The molecular weight excluding hydrogens is 638 g/mol. The summed E-state index contributed by atoms with van der Waals surface area (Å²) in [7, 11) is 0. The van der Waals surface area contributed by atoms with E-state index in [4.69, 9.17) is 4.74 Å². The zero-order chi connectivity index (χ0) is 24.1. The van der Waals surface area contributed by atoms with E-state index in [2.05, 4.69) is 52.9 Å². The molecule has 34 heavy (non-hydrogen) atoms. The van der Waals surface area contributed by atoms with Crippen LogP contribution in [0, 0.1) is 33.8 Å². The largest absolute Gasteiger partial charge is 0.481 e. The highest BCUT2D eigenvalue weighted by Gasteiger charge is 2.59. The van der Waals surface area contributed by atoms with Gasteiger partial charge in [-0.25, -0.2) is 0 Å². The number of benzene rings is 2. The van der Waals surface area contributed by atoms with Crippen molar-refractivity contribution < 1.29 is 19.2 Å². The predicted octanol–water partition coefficient (Wildman–Crippen LogP) is 5.60. The van der Waals surface area contributed by atoms with Crippen LogP contribution < -0.4 is 4.74 Å². The van der Waals surface area contributed by atoms with Gasteiger partial charge in [-0.1, -0.05) is 66.0 Å². The number of halogens is 3. The second kappa shape index (κ2) is 9.01. The first-order chi connectivity index (χ1) is 16.2. The summed E-state index contributed by atoms with van der Waals surface area (Å²) in [6.07, 6.45) is 6.11. The first kappa shape index (κ1) is 23.4. The number of carbonyl (C=O) groups excluding carboxylic acids is 2. The Kier molecular flexibility index (Phi) is 6.19. The maximum atomic E-state index is 12.9. The molecule has 2 aliphatic carbocycles. The van der Waals surface area contributed by atoms with Gasteiger partial charge in [0.15, 0.2) is 0 Å². The maximum Gasteiger partial charge on any atom is 0.312 e. The number of nitro benzene ring substituents is 1. The molecule has 0 N–H and O–H groups in total. The topological polar surface area (TPSA) is 102 Å². The highest BCUT2D eigenvalue weighted by Crippen LogP contribution is 2.52. The van der Waals surface area contributed by atoms with Gasteiger partial charge in [0.05, 0.1) is 23.0 Å². The van der Waals surface area contributed by atoms with Crippen LogP contribution >= 0.6 is 47.8 Å². The van der Waals surface area contributed by atoms with Crippen molar-refractivity contribution in [2.24, 2.45) is 28.8 Å². The zero-order valence-electron chi connectivity index (χ0n) is 17.4. The van der Waals surface area contributed by atoms with E-state index in [0.29, 0.717) is 4.47 Å². The normalized spacial score (nSPS) is 25.0. The van der Waals surface area contributed by atoms with Crippen LogP contribution in [-0.2, 0) is 16.2 Å². The van der Waals surface area contributed by atoms with E-state index < -0.39 is 4.92 Å². The van der Waals surface area contributed by atoms with Crippen molar-refractivity contribution in [3.8, 4) is 5.75 Å². The molecular formula is C23H16Br3N3O5. The van der Waals surface area contributed by atoms with Gasteiger partial charge in [0.1, 0.15) is 6.61 Å². The second-order valence-corrected chi connectivity index (χ2v) is 11.0. The summed E-state index contributed by atoms with van der Waals surface area (Å²) in [5.41, 5.74) is 0.791. The Hall–Kier alpha value is -2.37. The van der Waals surface area contributed by atoms with Crippen molar-refractivity contribution in [3.05, 3.63) is 77.1 Å². The van der Waals surface area contributed by atoms with Crippen LogP contribution in [0.4, 0.5) is 5.69 Å². The van der Waals surface area contributed by atoms with E-state index in [-0.39, 0.29) is 59.1 Å². The third kappa shape index (κ3) is 4.03. The summed E-state index contributed by atoms with van der Waals surface area (Å²) in [6, 6.07) is 8.45. The number of rotatable bonds is 6. The smallest absolute Gasteiger partial charge is 0.312 e. The standard InChI is InChI=1S/C23H16Br3N3O5/c24-15-4-3-13(17(26)7-15)10-34-21-14(6-16(25)8-18(21)29(32)33)9-27-28-22(30)19-11-1-2-12(5-11)20(19)23(28)31/h1-4,6-9,11-12,19-20H,5,10H2/t11-,12-,19-,20+/m0/s1. The first-order valence-corrected chi connectivity index (χ1v) is 12.8. The number of hydrogen-bond donors (Lipinski definition) is 0. The lowest BCUT2D eigenvalue weighted by Crippen LogP contribution is -2.28. The van der Waals surface area contributed by atoms with Gasteiger partial charge in [-0.15, -0.1) is 0 Å². The van der Waals surface area contributed by atoms with Crippen molar-refractivity contribution >= 4 is 71.5 Å². The number of ether oxygens (including phenoxy) is 1. The fourth-order valence-corrected chi connectivity index (χ4v) is 6.52. The minimum absolute atomic E-state index is 0.00667. The van der Waals surface area contributed by atoms with Crippen LogP contribution in [0.3, 0.4) is 0 Å². The minimum atomic E-state index is -0.548. The fourth-order valence-electron chi connectivity index (χ4n) is 4.90. The molecule has 2 aromatic carbocycles. The van der Waals surface area contributed by atoms with E-state index >= 15 is 0 Å². The molecule has 2 aromatic rings. The van der Waals surface area contributed by atoms with Crippen molar-refractivity contribution in [3.63, 3.8) is 0 Å². The summed E-state index contributed by atoms with van der Waals surface area (Å²) in [5.74, 6) is -1.26. The minimum Gasteiger partial charge on any atom is -0.481 e. The number of carbonyl (C=O) groups is 2. The number of allylic oxidation sites excluding steroid dienone is 2. The average molecular weight is 654 g/mol. The van der Waals surface area contributed by atoms with Gasteiger partial charge in [-0.3, -0.25) is 19.7 Å². The number of hydrogen-bond acceptors (Lipinski definition) is 6. The molecule has 2 fully saturated rings. The first-order valence-electron chi connectivity index (χ1n) is 10.4. The van der Waals surface area contributed by atoms with E-state index in [0.717, 1.165) is 25.9 Å². The van der Waals surface area contributed by atoms with Gasteiger partial charge in [0.2, 0.25) is 5.75 Å². The van der Waals surface area contributed by atoms with E-state index in [1.807, 2.05) is 30.4 Å². The van der Waals surface area contributed by atoms with Gasteiger partial charge in [0, 0.05) is 30.6 Å². The van der Waals surface area contributed by atoms with Gasteiger partial charge < -0.3 is 4.74 Å². The van der Waals surface area contributed by atoms with Crippen LogP contribution in [0.5, 0.6) is 5.75 Å². The third-order valence-corrected chi connectivity index (χ3v) is 8.10. The molecule has 3 aliphatic rings. The molecule has 174 valence electrons. The second-order valence-electron chi connectivity index (χ2n) is 8.36. The molecule has 2 bridgehead atoms. The van der Waals surface area contributed by atoms with Crippen LogP contribution in [0.25, 0.3) is 0 Å². The summed E-state index contributed by atoms with van der Waals surface area (Å²) in [6.45, 7) is 0.0535. The Morgan fingerprint density at radius 2 is 1.74 bits per heavy atom. The lowest BCUT2D eigenvalue weighted by Gasteiger charge is -2.13. The molecule has 1 saturated heterocycles. The fraction of sp³-hybridized carbons (Fsp3) is 0.261. The molecule has 0 spiro atoms.